The Morgan fingerprint density at radius 1 is 0.319 bits per heavy atom. The maximum atomic E-state index is 6.57. The first-order valence-electron chi connectivity index (χ1n) is 24.6. The highest BCUT2D eigenvalue weighted by Gasteiger charge is 2.36. The summed E-state index contributed by atoms with van der Waals surface area (Å²) in [6, 6.07) is 80.2. The molecule has 0 radical (unpaired) electrons. The second-order valence-electron chi connectivity index (χ2n) is 19.6. The molecule has 0 atom stereocenters. The average molecular weight is 922 g/mol. The molecule has 6 heteroatoms. The van der Waals surface area contributed by atoms with Crippen LogP contribution in [0.1, 0.15) is 25.0 Å². The Labute approximate surface area is 414 Å². The van der Waals surface area contributed by atoms with Crippen molar-refractivity contribution in [1.29, 1.82) is 0 Å². The van der Waals surface area contributed by atoms with Gasteiger partial charge in [-0.25, -0.2) is 15.0 Å². The van der Waals surface area contributed by atoms with E-state index in [9.17, 15) is 0 Å². The van der Waals surface area contributed by atoms with Gasteiger partial charge in [0.15, 0.2) is 17.5 Å². The Hall–Kier alpha value is -9.39. The van der Waals surface area contributed by atoms with E-state index in [-0.39, 0.29) is 5.41 Å². The van der Waals surface area contributed by atoms with Gasteiger partial charge in [0.05, 0.1) is 22.1 Å². The van der Waals surface area contributed by atoms with Gasteiger partial charge in [-0.1, -0.05) is 166 Å². The van der Waals surface area contributed by atoms with E-state index in [0.29, 0.717) is 17.5 Å². The van der Waals surface area contributed by atoms with Crippen molar-refractivity contribution in [1.82, 2.24) is 24.1 Å². The van der Waals surface area contributed by atoms with Crippen LogP contribution < -0.4 is 0 Å². The molecule has 0 aliphatic heterocycles. The molecular formula is C66H43N5O. The van der Waals surface area contributed by atoms with Crippen molar-refractivity contribution >= 4 is 65.6 Å². The van der Waals surface area contributed by atoms with E-state index in [1.165, 1.54) is 44.1 Å². The number of hydrogen-bond donors (Lipinski definition) is 0. The molecular weight excluding hydrogens is 879 g/mol. The highest BCUT2D eigenvalue weighted by Crippen LogP contribution is 2.51. The van der Waals surface area contributed by atoms with Crippen LogP contribution in [-0.4, -0.2) is 24.1 Å². The summed E-state index contributed by atoms with van der Waals surface area (Å²) in [6.45, 7) is 4.72. The van der Waals surface area contributed by atoms with Gasteiger partial charge in [-0.2, -0.15) is 0 Å². The number of rotatable bonds is 6. The topological polar surface area (TPSA) is 61.7 Å². The molecule has 15 rings (SSSR count). The van der Waals surface area contributed by atoms with E-state index in [4.69, 9.17) is 19.4 Å². The van der Waals surface area contributed by atoms with Gasteiger partial charge in [-0.3, -0.25) is 0 Å². The summed E-state index contributed by atoms with van der Waals surface area (Å²) in [5.41, 5.74) is 18.7. The van der Waals surface area contributed by atoms with Crippen molar-refractivity contribution < 1.29 is 4.42 Å². The number of fused-ring (bicyclic) bond motifs is 12. The van der Waals surface area contributed by atoms with Gasteiger partial charge in [0.2, 0.25) is 0 Å². The standard InChI is InChI=1S/C66H43N5O/c1-66(2)55-27-14-12-25-47(55)50-36-52-48-31-29-43(35-58(48)70(59(52)38-56(50)66)45-22-10-5-11-23-45)42-30-32-57-51(34-42)53-37-54-49-26-13-15-28-61(49)72-62(54)39-60(53)71(57)46-24-16-21-44(33-46)65-68-63(40-17-6-3-7-18-40)67-64(69-65)41-19-8-4-9-20-41/h3-39H,1-2H3. The fourth-order valence-electron chi connectivity index (χ4n) is 11.7. The average Bonchev–Trinajstić information content (AvgIpc) is 4.14. The molecule has 14 aromatic rings. The van der Waals surface area contributed by atoms with Crippen LogP contribution in [0, 0.1) is 0 Å². The minimum Gasteiger partial charge on any atom is -0.456 e. The van der Waals surface area contributed by atoms with Crippen LogP contribution in [0.4, 0.5) is 0 Å². The van der Waals surface area contributed by atoms with Crippen LogP contribution in [-0.2, 0) is 5.41 Å². The lowest BCUT2D eigenvalue weighted by Gasteiger charge is -2.21. The summed E-state index contributed by atoms with van der Waals surface area (Å²) in [7, 11) is 0. The van der Waals surface area contributed by atoms with Crippen LogP contribution >= 0.6 is 0 Å². The molecule has 6 nitrogen and oxygen atoms in total. The van der Waals surface area contributed by atoms with Crippen LogP contribution in [0.2, 0.25) is 0 Å². The number of para-hydroxylation sites is 2. The minimum atomic E-state index is -0.113. The van der Waals surface area contributed by atoms with E-state index < -0.39 is 0 Å². The molecule has 0 N–H and O–H groups in total. The van der Waals surface area contributed by atoms with Gasteiger partial charge < -0.3 is 13.6 Å². The van der Waals surface area contributed by atoms with Crippen molar-refractivity contribution in [2.75, 3.05) is 0 Å². The summed E-state index contributed by atoms with van der Waals surface area (Å²) >= 11 is 0. The SMILES string of the molecule is CC1(C)c2ccccc2-c2cc3c4ccc(-c5ccc6c(c5)c5cc7c(cc5n6-c5cccc(-c6nc(-c8ccccc8)nc(-c8ccccc8)n6)c5)oc5ccccc57)cc4n(-c4ccccc4)c3cc21. The molecule has 0 saturated carbocycles. The molecule has 0 amide bonds. The predicted molar refractivity (Wildman–Crippen MR) is 295 cm³/mol. The Bertz CT molecular complexity index is 4470. The van der Waals surface area contributed by atoms with Gasteiger partial charge >= 0.3 is 0 Å². The summed E-state index contributed by atoms with van der Waals surface area (Å²) in [6.07, 6.45) is 0. The van der Waals surface area contributed by atoms with Crippen molar-refractivity contribution in [2.24, 2.45) is 0 Å². The fraction of sp³-hybridized carbons (Fsp3) is 0.0455. The molecule has 0 fully saturated rings. The molecule has 0 bridgehead atoms. The van der Waals surface area contributed by atoms with Crippen molar-refractivity contribution in [3.8, 4) is 67.8 Å². The molecule has 0 unspecified atom stereocenters. The van der Waals surface area contributed by atoms with Gasteiger partial charge in [0.1, 0.15) is 11.2 Å². The van der Waals surface area contributed by atoms with Gasteiger partial charge in [-0.15, -0.1) is 0 Å². The third-order valence-corrected chi connectivity index (χ3v) is 15.1. The fourth-order valence-corrected chi connectivity index (χ4v) is 11.7. The van der Waals surface area contributed by atoms with E-state index in [2.05, 4.69) is 175 Å². The molecule has 1 aliphatic carbocycles. The molecule has 72 heavy (non-hydrogen) atoms. The Morgan fingerprint density at radius 3 is 1.67 bits per heavy atom. The van der Waals surface area contributed by atoms with Gasteiger partial charge in [0.25, 0.3) is 0 Å². The number of nitrogens with zero attached hydrogens (tertiary/aromatic N) is 5. The van der Waals surface area contributed by atoms with E-state index in [0.717, 1.165) is 82.9 Å². The first-order chi connectivity index (χ1) is 35.4. The number of hydrogen-bond acceptors (Lipinski definition) is 4. The van der Waals surface area contributed by atoms with Crippen LogP contribution in [0.3, 0.4) is 0 Å². The molecule has 0 spiro atoms. The zero-order valence-corrected chi connectivity index (χ0v) is 39.5. The third-order valence-electron chi connectivity index (χ3n) is 15.1. The quantitative estimate of drug-likeness (QED) is 0.167. The van der Waals surface area contributed by atoms with Crippen LogP contribution in [0.5, 0.6) is 0 Å². The zero-order valence-electron chi connectivity index (χ0n) is 39.5. The van der Waals surface area contributed by atoms with Gasteiger partial charge in [-0.05, 0) is 100 Å². The maximum absolute atomic E-state index is 6.57. The second-order valence-corrected chi connectivity index (χ2v) is 19.6. The summed E-state index contributed by atoms with van der Waals surface area (Å²) in [5, 5.41) is 6.98. The van der Waals surface area contributed by atoms with E-state index in [1.807, 2.05) is 72.8 Å². The Kier molecular flexibility index (Phi) is 8.61. The lowest BCUT2D eigenvalue weighted by Crippen LogP contribution is -2.14. The van der Waals surface area contributed by atoms with Crippen molar-refractivity contribution in [3.05, 3.63) is 236 Å². The molecule has 0 saturated heterocycles. The highest BCUT2D eigenvalue weighted by atomic mass is 16.3. The summed E-state index contributed by atoms with van der Waals surface area (Å²) in [5.74, 6) is 1.86. The molecule has 4 heterocycles. The predicted octanol–water partition coefficient (Wildman–Crippen LogP) is 16.9. The van der Waals surface area contributed by atoms with E-state index >= 15 is 0 Å². The number of benzene rings is 10. The van der Waals surface area contributed by atoms with Crippen LogP contribution in [0.15, 0.2) is 229 Å². The van der Waals surface area contributed by atoms with Crippen molar-refractivity contribution in [3.63, 3.8) is 0 Å². The maximum Gasteiger partial charge on any atom is 0.164 e. The first-order valence-corrected chi connectivity index (χ1v) is 24.6. The monoisotopic (exact) mass is 921 g/mol. The molecule has 4 aromatic heterocycles. The molecule has 1 aliphatic rings. The normalized spacial score (nSPS) is 13.0. The summed E-state index contributed by atoms with van der Waals surface area (Å²) in [4.78, 5) is 15.2. The largest absolute Gasteiger partial charge is 0.456 e. The van der Waals surface area contributed by atoms with Gasteiger partial charge in [0, 0.05) is 71.9 Å². The van der Waals surface area contributed by atoms with Crippen LogP contribution in [0.25, 0.3) is 133 Å². The van der Waals surface area contributed by atoms with E-state index in [1.54, 1.807) is 0 Å². The second kappa shape index (κ2) is 15.3. The Balaban J connectivity index is 0.932. The highest BCUT2D eigenvalue weighted by molar-refractivity contribution is 6.18. The lowest BCUT2D eigenvalue weighted by atomic mass is 9.82. The lowest BCUT2D eigenvalue weighted by molar-refractivity contribution is 0.661. The number of aromatic nitrogens is 5. The number of furan rings is 1. The summed E-state index contributed by atoms with van der Waals surface area (Å²) < 4.78 is 11.4. The molecule has 338 valence electrons. The Morgan fingerprint density at radius 2 is 0.889 bits per heavy atom. The van der Waals surface area contributed by atoms with Crippen molar-refractivity contribution in [2.45, 2.75) is 19.3 Å². The molecule has 10 aromatic carbocycles. The smallest absolute Gasteiger partial charge is 0.164 e. The minimum absolute atomic E-state index is 0.113. The first kappa shape index (κ1) is 40.5. The zero-order chi connectivity index (χ0) is 47.7. The third kappa shape index (κ3) is 6.05.